The van der Waals surface area contributed by atoms with Gasteiger partial charge >= 0.3 is 0 Å². The van der Waals surface area contributed by atoms with Gasteiger partial charge in [-0.25, -0.2) is 0 Å². The molecule has 0 atom stereocenters. The molecule has 0 saturated heterocycles. The van der Waals surface area contributed by atoms with Gasteiger partial charge in [0.1, 0.15) is 0 Å². The SMILES string of the molecule is CC1CCC(C(=O)Nc2cccc3c2NCCC3)CC1. The van der Waals surface area contributed by atoms with Crippen LogP contribution in [0.3, 0.4) is 0 Å². The number of fused-ring (bicyclic) bond motifs is 1. The minimum Gasteiger partial charge on any atom is -0.383 e. The summed E-state index contributed by atoms with van der Waals surface area (Å²) in [5.41, 5.74) is 3.42. The van der Waals surface area contributed by atoms with E-state index >= 15 is 0 Å². The van der Waals surface area contributed by atoms with Gasteiger partial charge in [0.15, 0.2) is 0 Å². The summed E-state index contributed by atoms with van der Waals surface area (Å²) < 4.78 is 0. The highest BCUT2D eigenvalue weighted by Crippen LogP contribution is 2.33. The minimum absolute atomic E-state index is 0.200. The first-order chi connectivity index (χ1) is 9.74. The molecule has 3 heteroatoms. The molecule has 0 spiro atoms. The van der Waals surface area contributed by atoms with Crippen LogP contribution in [0.5, 0.6) is 0 Å². The standard InChI is InChI=1S/C17H24N2O/c1-12-7-9-14(10-8-12)17(20)19-15-6-2-4-13-5-3-11-18-16(13)15/h2,4,6,12,14,18H,3,5,7-11H2,1H3,(H,19,20). The van der Waals surface area contributed by atoms with E-state index in [1.165, 1.54) is 24.8 Å². The fourth-order valence-corrected chi connectivity index (χ4v) is 3.37. The van der Waals surface area contributed by atoms with Crippen LogP contribution < -0.4 is 10.6 Å². The summed E-state index contributed by atoms with van der Waals surface area (Å²) in [6.07, 6.45) is 6.72. The number of benzene rings is 1. The van der Waals surface area contributed by atoms with Gasteiger partial charge in [-0.3, -0.25) is 4.79 Å². The van der Waals surface area contributed by atoms with E-state index in [1.54, 1.807) is 0 Å². The van der Waals surface area contributed by atoms with Crippen LogP contribution in [-0.4, -0.2) is 12.5 Å². The highest BCUT2D eigenvalue weighted by atomic mass is 16.1. The molecule has 0 aromatic heterocycles. The van der Waals surface area contributed by atoms with Crippen molar-refractivity contribution < 1.29 is 4.79 Å². The number of amides is 1. The summed E-state index contributed by atoms with van der Waals surface area (Å²) in [5, 5.41) is 6.59. The van der Waals surface area contributed by atoms with Crippen LogP contribution in [0, 0.1) is 11.8 Å². The third-order valence-corrected chi connectivity index (χ3v) is 4.72. The van der Waals surface area contributed by atoms with Crippen LogP contribution in [0.15, 0.2) is 18.2 Å². The number of carbonyl (C=O) groups is 1. The first kappa shape index (κ1) is 13.5. The number of anilines is 2. The fraction of sp³-hybridized carbons (Fsp3) is 0.588. The Kier molecular flexibility index (Phi) is 3.95. The van der Waals surface area contributed by atoms with Gasteiger partial charge in [-0.05, 0) is 56.1 Å². The van der Waals surface area contributed by atoms with Crippen LogP contribution in [-0.2, 0) is 11.2 Å². The Morgan fingerprint density at radius 1 is 1.25 bits per heavy atom. The number of hydrogen-bond donors (Lipinski definition) is 2. The van der Waals surface area contributed by atoms with Crippen molar-refractivity contribution in [2.24, 2.45) is 11.8 Å². The van der Waals surface area contributed by atoms with Crippen molar-refractivity contribution in [1.82, 2.24) is 0 Å². The lowest BCUT2D eigenvalue weighted by atomic mass is 9.82. The maximum atomic E-state index is 12.4. The van der Waals surface area contributed by atoms with Crippen molar-refractivity contribution in [3.05, 3.63) is 23.8 Å². The Balaban J connectivity index is 1.70. The third-order valence-electron chi connectivity index (χ3n) is 4.72. The number of rotatable bonds is 2. The second-order valence-corrected chi connectivity index (χ2v) is 6.32. The summed E-state index contributed by atoms with van der Waals surface area (Å²) in [7, 11) is 0. The van der Waals surface area contributed by atoms with Crippen molar-refractivity contribution in [3.8, 4) is 0 Å². The molecular weight excluding hydrogens is 248 g/mol. The molecule has 2 aliphatic rings. The normalized spacial score (nSPS) is 25.4. The molecule has 1 aliphatic carbocycles. The first-order valence-electron chi connectivity index (χ1n) is 7.90. The van der Waals surface area contributed by atoms with E-state index < -0.39 is 0 Å². The zero-order chi connectivity index (χ0) is 13.9. The van der Waals surface area contributed by atoms with Crippen LogP contribution in [0.4, 0.5) is 11.4 Å². The Hall–Kier alpha value is -1.51. The maximum Gasteiger partial charge on any atom is 0.227 e. The van der Waals surface area contributed by atoms with E-state index in [0.717, 1.165) is 43.1 Å². The van der Waals surface area contributed by atoms with Gasteiger partial charge in [0.2, 0.25) is 5.91 Å². The first-order valence-corrected chi connectivity index (χ1v) is 7.90. The van der Waals surface area contributed by atoms with E-state index in [0.29, 0.717) is 0 Å². The van der Waals surface area contributed by atoms with E-state index in [9.17, 15) is 4.79 Å². The molecule has 0 unspecified atom stereocenters. The van der Waals surface area contributed by atoms with Gasteiger partial charge in [-0.1, -0.05) is 19.1 Å². The maximum absolute atomic E-state index is 12.4. The zero-order valence-electron chi connectivity index (χ0n) is 12.2. The third kappa shape index (κ3) is 2.82. The molecular formula is C17H24N2O. The molecule has 20 heavy (non-hydrogen) atoms. The summed E-state index contributed by atoms with van der Waals surface area (Å²) in [4.78, 5) is 12.4. The Morgan fingerprint density at radius 3 is 2.85 bits per heavy atom. The van der Waals surface area contributed by atoms with Gasteiger partial charge in [0.05, 0.1) is 11.4 Å². The average molecular weight is 272 g/mol. The largest absolute Gasteiger partial charge is 0.383 e. The molecule has 1 aromatic carbocycles. The average Bonchev–Trinajstić information content (AvgIpc) is 2.48. The van der Waals surface area contributed by atoms with Crippen molar-refractivity contribution in [2.45, 2.75) is 45.4 Å². The second-order valence-electron chi connectivity index (χ2n) is 6.32. The molecule has 0 radical (unpaired) electrons. The van der Waals surface area contributed by atoms with Crippen LogP contribution in [0.2, 0.25) is 0 Å². The predicted molar refractivity (Wildman–Crippen MR) is 83.0 cm³/mol. The van der Waals surface area contributed by atoms with Crippen molar-refractivity contribution in [3.63, 3.8) is 0 Å². The van der Waals surface area contributed by atoms with E-state index in [2.05, 4.69) is 23.6 Å². The van der Waals surface area contributed by atoms with Gasteiger partial charge in [0.25, 0.3) is 0 Å². The second kappa shape index (κ2) is 5.86. The fourth-order valence-electron chi connectivity index (χ4n) is 3.37. The molecule has 1 saturated carbocycles. The summed E-state index contributed by atoms with van der Waals surface area (Å²) >= 11 is 0. The van der Waals surface area contributed by atoms with Crippen molar-refractivity contribution in [1.29, 1.82) is 0 Å². The summed E-state index contributed by atoms with van der Waals surface area (Å²) in [6.45, 7) is 3.28. The Bertz CT molecular complexity index is 490. The van der Waals surface area contributed by atoms with Crippen LogP contribution in [0.1, 0.15) is 44.6 Å². The molecule has 108 valence electrons. The quantitative estimate of drug-likeness (QED) is 0.859. The highest BCUT2D eigenvalue weighted by molar-refractivity contribution is 5.96. The van der Waals surface area contributed by atoms with Crippen LogP contribution >= 0.6 is 0 Å². The van der Waals surface area contributed by atoms with Gasteiger partial charge in [-0.2, -0.15) is 0 Å². The Labute approximate surface area is 121 Å². The van der Waals surface area contributed by atoms with E-state index in [-0.39, 0.29) is 11.8 Å². The lowest BCUT2D eigenvalue weighted by molar-refractivity contribution is -0.121. The minimum atomic E-state index is 0.200. The Morgan fingerprint density at radius 2 is 2.05 bits per heavy atom. The molecule has 1 aromatic rings. The molecule has 0 bridgehead atoms. The van der Waals surface area contributed by atoms with E-state index in [4.69, 9.17) is 0 Å². The number of aryl methyl sites for hydroxylation is 1. The van der Waals surface area contributed by atoms with E-state index in [1.807, 2.05) is 12.1 Å². The topological polar surface area (TPSA) is 41.1 Å². The number of nitrogens with one attached hydrogen (secondary N) is 2. The number of para-hydroxylation sites is 1. The van der Waals surface area contributed by atoms with Crippen molar-refractivity contribution in [2.75, 3.05) is 17.2 Å². The predicted octanol–water partition coefficient (Wildman–Crippen LogP) is 3.81. The molecule has 1 amide bonds. The van der Waals surface area contributed by atoms with Gasteiger partial charge in [-0.15, -0.1) is 0 Å². The lowest BCUT2D eigenvalue weighted by Crippen LogP contribution is -2.27. The molecule has 3 nitrogen and oxygen atoms in total. The zero-order valence-corrected chi connectivity index (χ0v) is 12.2. The smallest absolute Gasteiger partial charge is 0.227 e. The molecule has 1 heterocycles. The highest BCUT2D eigenvalue weighted by Gasteiger charge is 2.25. The van der Waals surface area contributed by atoms with Crippen LogP contribution in [0.25, 0.3) is 0 Å². The molecule has 3 rings (SSSR count). The lowest BCUT2D eigenvalue weighted by Gasteiger charge is -2.26. The molecule has 2 N–H and O–H groups in total. The van der Waals surface area contributed by atoms with Crippen molar-refractivity contribution >= 4 is 17.3 Å². The summed E-state index contributed by atoms with van der Waals surface area (Å²) in [5.74, 6) is 1.19. The molecule has 1 fully saturated rings. The number of hydrogen-bond acceptors (Lipinski definition) is 2. The number of carbonyl (C=O) groups excluding carboxylic acids is 1. The summed E-state index contributed by atoms with van der Waals surface area (Å²) in [6, 6.07) is 6.21. The van der Waals surface area contributed by atoms with Gasteiger partial charge in [0, 0.05) is 12.5 Å². The monoisotopic (exact) mass is 272 g/mol. The molecule has 1 aliphatic heterocycles. The van der Waals surface area contributed by atoms with Gasteiger partial charge < -0.3 is 10.6 Å².